The van der Waals surface area contributed by atoms with Crippen molar-refractivity contribution in [2.75, 3.05) is 7.11 Å². The minimum Gasteiger partial charge on any atom is -0.489 e. The van der Waals surface area contributed by atoms with E-state index in [9.17, 15) is 9.18 Å². The van der Waals surface area contributed by atoms with Crippen LogP contribution in [-0.2, 0) is 17.8 Å². The molecule has 8 heteroatoms. The fraction of sp³-hybridized carbons (Fsp3) is 0.318. The van der Waals surface area contributed by atoms with Crippen LogP contribution in [0.5, 0.6) is 11.6 Å². The summed E-state index contributed by atoms with van der Waals surface area (Å²) >= 11 is 0. The zero-order valence-corrected chi connectivity index (χ0v) is 16.8. The van der Waals surface area contributed by atoms with Gasteiger partial charge in [0.25, 0.3) is 0 Å². The SMILES string of the molecule is C1CC1.COc1cc(-n2cc(COc3cccc(CCC(=O)O)c3)cn2)c(F)cn1. The van der Waals surface area contributed by atoms with E-state index in [1.54, 1.807) is 24.5 Å². The molecule has 0 amide bonds. The molecule has 0 aliphatic heterocycles. The third-order valence-corrected chi connectivity index (χ3v) is 4.19. The van der Waals surface area contributed by atoms with E-state index in [2.05, 4.69) is 10.1 Å². The third kappa shape index (κ3) is 6.58. The average molecular weight is 413 g/mol. The monoisotopic (exact) mass is 413 g/mol. The normalized spacial score (nSPS) is 11.9. The Morgan fingerprint density at radius 1 is 1.20 bits per heavy atom. The molecule has 1 aliphatic rings. The lowest BCUT2D eigenvalue weighted by atomic mass is 10.1. The van der Waals surface area contributed by atoms with Gasteiger partial charge in [-0.15, -0.1) is 0 Å². The fourth-order valence-electron chi connectivity index (χ4n) is 2.47. The summed E-state index contributed by atoms with van der Waals surface area (Å²) in [7, 11) is 1.46. The first-order chi connectivity index (χ1) is 14.5. The summed E-state index contributed by atoms with van der Waals surface area (Å²) in [4.78, 5) is 14.5. The Hall–Kier alpha value is -3.42. The topological polar surface area (TPSA) is 86.5 Å². The molecule has 1 aliphatic carbocycles. The molecule has 7 nitrogen and oxygen atoms in total. The Bertz CT molecular complexity index is 985. The van der Waals surface area contributed by atoms with Gasteiger partial charge in [0.1, 0.15) is 18.0 Å². The van der Waals surface area contributed by atoms with Crippen LogP contribution >= 0.6 is 0 Å². The number of hydrogen-bond acceptors (Lipinski definition) is 5. The fourth-order valence-corrected chi connectivity index (χ4v) is 2.47. The number of aliphatic carboxylic acids is 1. The summed E-state index contributed by atoms with van der Waals surface area (Å²) in [5.41, 5.74) is 1.86. The summed E-state index contributed by atoms with van der Waals surface area (Å²) in [5.74, 6) is -0.438. The van der Waals surface area contributed by atoms with Crippen LogP contribution in [0.1, 0.15) is 36.8 Å². The first kappa shape index (κ1) is 21.3. The van der Waals surface area contributed by atoms with Crippen LogP contribution in [0.15, 0.2) is 48.9 Å². The quantitative estimate of drug-likeness (QED) is 0.596. The molecule has 30 heavy (non-hydrogen) atoms. The van der Waals surface area contributed by atoms with E-state index in [4.69, 9.17) is 14.6 Å². The third-order valence-electron chi connectivity index (χ3n) is 4.19. The van der Waals surface area contributed by atoms with Gasteiger partial charge >= 0.3 is 5.97 Å². The van der Waals surface area contributed by atoms with E-state index in [1.807, 2.05) is 12.1 Å². The van der Waals surface area contributed by atoms with E-state index in [0.717, 1.165) is 17.3 Å². The van der Waals surface area contributed by atoms with Crippen LogP contribution < -0.4 is 9.47 Å². The molecule has 0 spiro atoms. The van der Waals surface area contributed by atoms with Crippen molar-refractivity contribution in [3.63, 3.8) is 0 Å². The van der Waals surface area contributed by atoms with Crippen LogP contribution in [0.3, 0.4) is 0 Å². The predicted octanol–water partition coefficient (Wildman–Crippen LogP) is 4.18. The Morgan fingerprint density at radius 3 is 2.70 bits per heavy atom. The number of pyridine rings is 1. The molecule has 1 saturated carbocycles. The number of nitrogens with zero attached hydrogens (tertiary/aromatic N) is 3. The summed E-state index contributed by atoms with van der Waals surface area (Å²) in [6.45, 7) is 0.242. The van der Waals surface area contributed by atoms with Crippen molar-refractivity contribution in [3.8, 4) is 17.3 Å². The van der Waals surface area contributed by atoms with Crippen molar-refractivity contribution in [2.24, 2.45) is 0 Å². The summed E-state index contributed by atoms with van der Waals surface area (Å²) in [6.07, 6.45) is 9.33. The van der Waals surface area contributed by atoms with Crippen molar-refractivity contribution in [1.29, 1.82) is 0 Å². The Balaban J connectivity index is 0.000000782. The van der Waals surface area contributed by atoms with Crippen molar-refractivity contribution < 1.29 is 23.8 Å². The average Bonchev–Trinajstić information content (AvgIpc) is 3.57. The number of benzene rings is 1. The lowest BCUT2D eigenvalue weighted by Gasteiger charge is -2.07. The number of carboxylic acid groups (broad SMARTS) is 1. The van der Waals surface area contributed by atoms with Gasteiger partial charge in [-0.3, -0.25) is 4.79 Å². The number of hydrogen-bond donors (Lipinski definition) is 1. The molecule has 158 valence electrons. The second-order valence-corrected chi connectivity index (χ2v) is 6.86. The standard InChI is InChI=1S/C19H18FN3O4.C3H6/c1-26-18-8-17(16(20)10-21-18)23-11-14(9-22-23)12-27-15-4-2-3-13(7-15)5-6-19(24)25;1-2-3-1/h2-4,7-11H,5-6,12H2,1H3,(H,24,25);1-3H2. The molecule has 3 aromatic rings. The minimum atomic E-state index is -0.839. The van der Waals surface area contributed by atoms with Gasteiger partial charge in [-0.25, -0.2) is 14.1 Å². The number of rotatable bonds is 8. The van der Waals surface area contributed by atoms with Gasteiger partial charge < -0.3 is 14.6 Å². The van der Waals surface area contributed by atoms with Crippen LogP contribution in [-0.4, -0.2) is 33.0 Å². The maximum atomic E-state index is 14.0. The molecule has 2 heterocycles. The van der Waals surface area contributed by atoms with Gasteiger partial charge in [0.15, 0.2) is 5.82 Å². The molecule has 0 bridgehead atoms. The Labute approximate surface area is 174 Å². The van der Waals surface area contributed by atoms with Crippen LogP contribution in [0.2, 0.25) is 0 Å². The summed E-state index contributed by atoms with van der Waals surface area (Å²) < 4.78 is 26.1. The van der Waals surface area contributed by atoms with Gasteiger partial charge in [-0.1, -0.05) is 31.4 Å². The number of aromatic nitrogens is 3. The number of aryl methyl sites for hydroxylation is 1. The van der Waals surface area contributed by atoms with Gasteiger partial charge in [-0.2, -0.15) is 5.10 Å². The molecule has 0 radical (unpaired) electrons. The van der Waals surface area contributed by atoms with E-state index in [1.165, 1.54) is 37.1 Å². The molecule has 2 aromatic heterocycles. The molecule has 1 fully saturated rings. The molecule has 0 unspecified atom stereocenters. The maximum absolute atomic E-state index is 14.0. The highest BCUT2D eigenvalue weighted by molar-refractivity contribution is 5.67. The Morgan fingerprint density at radius 2 is 2.00 bits per heavy atom. The van der Waals surface area contributed by atoms with E-state index < -0.39 is 11.8 Å². The zero-order valence-electron chi connectivity index (χ0n) is 16.8. The van der Waals surface area contributed by atoms with Crippen LogP contribution in [0, 0.1) is 5.82 Å². The van der Waals surface area contributed by atoms with E-state index in [0.29, 0.717) is 12.2 Å². The molecule has 0 saturated heterocycles. The van der Waals surface area contributed by atoms with Crippen LogP contribution in [0.25, 0.3) is 5.69 Å². The summed E-state index contributed by atoms with van der Waals surface area (Å²) in [5, 5.41) is 12.9. The van der Waals surface area contributed by atoms with Gasteiger partial charge in [0.2, 0.25) is 5.88 Å². The first-order valence-electron chi connectivity index (χ1n) is 9.72. The van der Waals surface area contributed by atoms with Crippen LogP contribution in [0.4, 0.5) is 4.39 Å². The lowest BCUT2D eigenvalue weighted by molar-refractivity contribution is -0.136. The number of carboxylic acids is 1. The maximum Gasteiger partial charge on any atom is 0.303 e. The summed E-state index contributed by atoms with van der Waals surface area (Å²) in [6, 6.07) is 8.73. The zero-order chi connectivity index (χ0) is 21.3. The lowest BCUT2D eigenvalue weighted by Crippen LogP contribution is -2.01. The second kappa shape index (κ2) is 10.4. The van der Waals surface area contributed by atoms with Gasteiger partial charge in [0.05, 0.1) is 19.5 Å². The van der Waals surface area contributed by atoms with Crippen molar-refractivity contribution >= 4 is 5.97 Å². The van der Waals surface area contributed by atoms with E-state index >= 15 is 0 Å². The highest BCUT2D eigenvalue weighted by Gasteiger charge is 2.10. The van der Waals surface area contributed by atoms with Crippen molar-refractivity contribution in [3.05, 3.63) is 65.9 Å². The first-order valence-corrected chi connectivity index (χ1v) is 9.72. The number of methoxy groups -OCH3 is 1. The molecule has 0 atom stereocenters. The Kier molecular flexibility index (Phi) is 7.37. The molecular weight excluding hydrogens is 389 g/mol. The highest BCUT2D eigenvalue weighted by Crippen LogP contribution is 2.19. The molecular formula is C22H24FN3O4. The molecule has 1 aromatic carbocycles. The molecule has 4 rings (SSSR count). The number of carbonyl (C=O) groups is 1. The van der Waals surface area contributed by atoms with E-state index in [-0.39, 0.29) is 24.6 Å². The van der Waals surface area contributed by atoms with Crippen molar-refractivity contribution in [1.82, 2.24) is 14.8 Å². The second-order valence-electron chi connectivity index (χ2n) is 6.86. The highest BCUT2D eigenvalue weighted by atomic mass is 19.1. The number of ether oxygens (including phenoxy) is 2. The van der Waals surface area contributed by atoms with Gasteiger partial charge in [0, 0.05) is 24.2 Å². The largest absolute Gasteiger partial charge is 0.489 e. The van der Waals surface area contributed by atoms with Crippen molar-refractivity contribution in [2.45, 2.75) is 38.7 Å². The van der Waals surface area contributed by atoms with Gasteiger partial charge in [-0.05, 0) is 24.1 Å². The minimum absolute atomic E-state index is 0.0667. The number of halogens is 1. The smallest absolute Gasteiger partial charge is 0.303 e. The predicted molar refractivity (Wildman–Crippen MR) is 108 cm³/mol. The molecule has 1 N–H and O–H groups in total.